The van der Waals surface area contributed by atoms with Crippen LogP contribution in [0.5, 0.6) is 0 Å². The van der Waals surface area contributed by atoms with Gasteiger partial charge in [0.25, 0.3) is 5.91 Å². The van der Waals surface area contributed by atoms with Crippen LogP contribution in [-0.4, -0.2) is 52.1 Å². The third kappa shape index (κ3) is 6.70. The van der Waals surface area contributed by atoms with Crippen molar-refractivity contribution in [3.8, 4) is 0 Å². The summed E-state index contributed by atoms with van der Waals surface area (Å²) in [5.41, 5.74) is 2.45. The molecular weight excluding hydrogens is 424 g/mol. The molecule has 1 N–H and O–H groups in total. The van der Waals surface area contributed by atoms with Crippen molar-refractivity contribution in [2.24, 2.45) is 0 Å². The highest BCUT2D eigenvalue weighted by Crippen LogP contribution is 2.28. The summed E-state index contributed by atoms with van der Waals surface area (Å²) in [4.78, 5) is 28.5. The van der Waals surface area contributed by atoms with E-state index in [0.29, 0.717) is 18.7 Å². The van der Waals surface area contributed by atoms with Crippen LogP contribution in [0.2, 0.25) is 0 Å². The second-order valence-electron chi connectivity index (χ2n) is 9.43. The number of hydrogen-bond acceptors (Lipinski definition) is 2. The second-order valence-corrected chi connectivity index (χ2v) is 9.43. The molecule has 0 unspecified atom stereocenters. The quantitative estimate of drug-likeness (QED) is 0.420. The Morgan fingerprint density at radius 2 is 1.21 bits per heavy atom. The van der Waals surface area contributed by atoms with Crippen LogP contribution >= 0.6 is 0 Å². The molecule has 5 nitrogen and oxygen atoms in total. The first kappa shape index (κ1) is 25.0. The largest absolute Gasteiger partial charge is 0.465 e. The molecule has 0 saturated carbocycles. The van der Waals surface area contributed by atoms with Gasteiger partial charge in [-0.15, -0.1) is 0 Å². The van der Waals surface area contributed by atoms with Crippen LogP contribution in [0, 0.1) is 0 Å². The molecule has 0 saturated heterocycles. The van der Waals surface area contributed by atoms with Crippen molar-refractivity contribution < 1.29 is 14.7 Å². The third-order valence-electron chi connectivity index (χ3n) is 6.03. The summed E-state index contributed by atoms with van der Waals surface area (Å²) in [6.07, 6.45) is -0.249. The van der Waals surface area contributed by atoms with Crippen LogP contribution in [0.25, 0.3) is 0 Å². The standard InChI is InChI=1S/C29H34N2O3/c1-29(2,3)31(28(33)34)22-21-30(27(32)25-17-11-6-12-18-25)20-19-26(23-13-7-4-8-14-23)24-15-9-5-10-16-24/h4-18,26H,19-22H2,1-3H3,(H,33,34). The van der Waals surface area contributed by atoms with E-state index in [-0.39, 0.29) is 18.4 Å². The fraction of sp³-hybridized carbons (Fsp3) is 0.310. The van der Waals surface area contributed by atoms with Gasteiger partial charge in [-0.05, 0) is 50.5 Å². The van der Waals surface area contributed by atoms with Crippen molar-refractivity contribution in [1.29, 1.82) is 0 Å². The van der Waals surface area contributed by atoms with Gasteiger partial charge in [-0.2, -0.15) is 0 Å². The molecule has 0 heterocycles. The van der Waals surface area contributed by atoms with E-state index in [9.17, 15) is 14.7 Å². The van der Waals surface area contributed by atoms with Gasteiger partial charge in [-0.1, -0.05) is 78.9 Å². The zero-order valence-corrected chi connectivity index (χ0v) is 20.2. The van der Waals surface area contributed by atoms with Gasteiger partial charge in [-0.25, -0.2) is 4.79 Å². The SMILES string of the molecule is CC(C)(C)N(CCN(CCC(c1ccccc1)c1ccccc1)C(=O)c1ccccc1)C(=O)O. The van der Waals surface area contributed by atoms with Crippen LogP contribution in [0.4, 0.5) is 4.79 Å². The van der Waals surface area contributed by atoms with Crippen molar-refractivity contribution in [2.75, 3.05) is 19.6 Å². The van der Waals surface area contributed by atoms with E-state index in [1.807, 2.05) is 75.4 Å². The molecule has 3 aromatic rings. The van der Waals surface area contributed by atoms with Crippen LogP contribution in [0.1, 0.15) is 54.6 Å². The van der Waals surface area contributed by atoms with Crippen molar-refractivity contribution in [3.05, 3.63) is 108 Å². The van der Waals surface area contributed by atoms with Crippen molar-refractivity contribution in [3.63, 3.8) is 0 Å². The summed E-state index contributed by atoms with van der Waals surface area (Å²) in [5, 5.41) is 9.72. The average molecular weight is 459 g/mol. The van der Waals surface area contributed by atoms with Gasteiger partial charge >= 0.3 is 6.09 Å². The highest BCUT2D eigenvalue weighted by molar-refractivity contribution is 5.94. The molecule has 0 radical (unpaired) electrons. The molecule has 0 bridgehead atoms. The van der Waals surface area contributed by atoms with E-state index in [1.165, 1.54) is 16.0 Å². The minimum atomic E-state index is -0.981. The fourth-order valence-corrected chi connectivity index (χ4v) is 4.20. The molecule has 2 amide bonds. The van der Waals surface area contributed by atoms with E-state index < -0.39 is 11.6 Å². The summed E-state index contributed by atoms with van der Waals surface area (Å²) >= 11 is 0. The Morgan fingerprint density at radius 3 is 1.65 bits per heavy atom. The Kier molecular flexibility index (Phi) is 8.47. The number of amides is 2. The van der Waals surface area contributed by atoms with Crippen molar-refractivity contribution in [2.45, 2.75) is 38.6 Å². The highest BCUT2D eigenvalue weighted by atomic mass is 16.4. The lowest BCUT2D eigenvalue weighted by Gasteiger charge is -2.35. The van der Waals surface area contributed by atoms with Crippen molar-refractivity contribution in [1.82, 2.24) is 9.80 Å². The normalized spacial score (nSPS) is 11.3. The lowest BCUT2D eigenvalue weighted by Crippen LogP contribution is -2.49. The molecule has 0 aromatic heterocycles. The minimum Gasteiger partial charge on any atom is -0.465 e. The minimum absolute atomic E-state index is 0.0836. The number of carbonyl (C=O) groups excluding carboxylic acids is 1. The Labute approximate surface area is 202 Å². The summed E-state index contributed by atoms with van der Waals surface area (Å²) in [6.45, 7) is 6.69. The third-order valence-corrected chi connectivity index (χ3v) is 6.03. The summed E-state index contributed by atoms with van der Waals surface area (Å²) < 4.78 is 0. The zero-order valence-electron chi connectivity index (χ0n) is 20.2. The first-order chi connectivity index (χ1) is 16.3. The monoisotopic (exact) mass is 458 g/mol. The van der Waals surface area contributed by atoms with E-state index >= 15 is 0 Å². The maximum absolute atomic E-state index is 13.4. The Balaban J connectivity index is 1.84. The lowest BCUT2D eigenvalue weighted by molar-refractivity contribution is 0.0660. The number of nitrogens with zero attached hydrogens (tertiary/aromatic N) is 2. The number of carbonyl (C=O) groups is 2. The fourth-order valence-electron chi connectivity index (χ4n) is 4.20. The summed E-state index contributed by atoms with van der Waals surface area (Å²) in [5.74, 6) is 0.0476. The molecular formula is C29H34N2O3. The molecule has 5 heteroatoms. The predicted octanol–water partition coefficient (Wildman–Crippen LogP) is 6.13. The van der Waals surface area contributed by atoms with Crippen molar-refractivity contribution >= 4 is 12.0 Å². The summed E-state index contributed by atoms with van der Waals surface area (Å²) in [7, 11) is 0. The molecule has 0 aliphatic rings. The topological polar surface area (TPSA) is 60.9 Å². The van der Waals surface area contributed by atoms with Gasteiger partial charge in [0, 0.05) is 36.7 Å². The predicted molar refractivity (Wildman–Crippen MR) is 136 cm³/mol. The van der Waals surface area contributed by atoms with Crippen LogP contribution < -0.4 is 0 Å². The van der Waals surface area contributed by atoms with Gasteiger partial charge in [0.15, 0.2) is 0 Å². The van der Waals surface area contributed by atoms with E-state index in [0.717, 1.165) is 6.42 Å². The molecule has 3 rings (SSSR count). The molecule has 178 valence electrons. The summed E-state index contributed by atoms with van der Waals surface area (Å²) in [6, 6.07) is 29.8. The average Bonchev–Trinajstić information content (AvgIpc) is 2.83. The lowest BCUT2D eigenvalue weighted by atomic mass is 9.88. The van der Waals surface area contributed by atoms with Gasteiger partial charge in [0.05, 0.1) is 0 Å². The molecule has 34 heavy (non-hydrogen) atoms. The number of carboxylic acid groups (broad SMARTS) is 1. The number of rotatable bonds is 9. The molecule has 0 spiro atoms. The van der Waals surface area contributed by atoms with E-state index in [2.05, 4.69) is 24.3 Å². The maximum atomic E-state index is 13.4. The van der Waals surface area contributed by atoms with Gasteiger partial charge < -0.3 is 14.9 Å². The molecule has 0 aliphatic heterocycles. The van der Waals surface area contributed by atoms with Gasteiger partial charge in [0.1, 0.15) is 0 Å². The first-order valence-corrected chi connectivity index (χ1v) is 11.7. The van der Waals surface area contributed by atoms with Crippen LogP contribution in [0.15, 0.2) is 91.0 Å². The van der Waals surface area contributed by atoms with Gasteiger partial charge in [0.2, 0.25) is 0 Å². The molecule has 0 fully saturated rings. The molecule has 0 atom stereocenters. The zero-order chi connectivity index (χ0) is 24.6. The van der Waals surface area contributed by atoms with Crippen LogP contribution in [0.3, 0.4) is 0 Å². The smallest absolute Gasteiger partial charge is 0.407 e. The first-order valence-electron chi connectivity index (χ1n) is 11.7. The highest BCUT2D eigenvalue weighted by Gasteiger charge is 2.28. The maximum Gasteiger partial charge on any atom is 0.407 e. The Hall–Kier alpha value is -3.60. The Bertz CT molecular complexity index is 1010. The molecule has 0 aliphatic carbocycles. The molecule has 3 aromatic carbocycles. The number of hydrogen-bond donors (Lipinski definition) is 1. The van der Waals surface area contributed by atoms with E-state index in [4.69, 9.17) is 0 Å². The second kappa shape index (κ2) is 11.5. The Morgan fingerprint density at radius 1 is 0.735 bits per heavy atom. The van der Waals surface area contributed by atoms with Crippen LogP contribution in [-0.2, 0) is 0 Å². The van der Waals surface area contributed by atoms with Gasteiger partial charge in [-0.3, -0.25) is 4.79 Å². The number of benzene rings is 3. The van der Waals surface area contributed by atoms with E-state index in [1.54, 1.807) is 17.0 Å².